The summed E-state index contributed by atoms with van der Waals surface area (Å²) in [7, 11) is 7.43. The average Bonchev–Trinajstić information content (AvgIpc) is 1.59. The molecule has 0 spiro atoms. The number of aliphatic hydroxyl groups excluding tert-OH is 1. The van der Waals surface area contributed by atoms with Gasteiger partial charge in [-0.15, -0.1) is 0 Å². The van der Waals surface area contributed by atoms with Gasteiger partial charge in [-0.2, -0.15) is 6.16 Å². The Morgan fingerprint density at radius 3 is 2.20 bits per heavy atom. The molecule has 0 bridgehead atoms. The third-order valence-electron chi connectivity index (χ3n) is 1.10. The summed E-state index contributed by atoms with van der Waals surface area (Å²) < 4.78 is 0.841. The molecule has 0 aliphatic heterocycles. The summed E-state index contributed by atoms with van der Waals surface area (Å²) in [6, 6.07) is 0. The zero-order valence-corrected chi connectivity index (χ0v) is 8.23. The normalized spacial score (nSPS) is 16.5. The monoisotopic (exact) mass is 163 g/mol. The topological polar surface area (TPSA) is 20.2 Å². The molecule has 0 fully saturated rings. The van der Waals surface area contributed by atoms with Crippen molar-refractivity contribution in [3.8, 4) is 0 Å². The Hall–Kier alpha value is 0.350. The standard InChI is InChI=1S/C7H18NOP/c1-5-10-7(9)6-8(2,3)4/h7,9H,5-6H2,1-4H3. The molecular formula is C7H18NOP. The van der Waals surface area contributed by atoms with E-state index in [1.165, 1.54) is 0 Å². The van der Waals surface area contributed by atoms with Crippen LogP contribution in [-0.4, -0.2) is 49.3 Å². The minimum absolute atomic E-state index is 0.148. The third-order valence-corrected chi connectivity index (χ3v) is 2.05. The van der Waals surface area contributed by atoms with Crippen LogP contribution in [0.5, 0.6) is 0 Å². The smallest absolute Gasteiger partial charge is 0.0770 e. The number of hydrogen-bond acceptors (Lipinski definition) is 1. The van der Waals surface area contributed by atoms with Crippen LogP contribution < -0.4 is 0 Å². The largest absolute Gasteiger partial charge is 0.502 e. The van der Waals surface area contributed by atoms with Crippen molar-refractivity contribution < 1.29 is 9.59 Å². The fourth-order valence-electron chi connectivity index (χ4n) is 0.758. The van der Waals surface area contributed by atoms with Crippen molar-refractivity contribution in [1.82, 2.24) is 0 Å². The summed E-state index contributed by atoms with van der Waals surface area (Å²) in [5, 5.41) is 9.36. The maximum absolute atomic E-state index is 9.36. The lowest BCUT2D eigenvalue weighted by Crippen LogP contribution is -2.40. The second-order valence-electron chi connectivity index (χ2n) is 3.45. The molecule has 3 heteroatoms. The molecule has 0 radical (unpaired) electrons. The molecule has 0 aliphatic carbocycles. The van der Waals surface area contributed by atoms with Gasteiger partial charge >= 0.3 is 0 Å². The minimum atomic E-state index is -0.148. The second kappa shape index (κ2) is 4.27. The zero-order chi connectivity index (χ0) is 8.20. The molecule has 1 N–H and O–H groups in total. The second-order valence-corrected chi connectivity index (χ2v) is 5.05. The van der Waals surface area contributed by atoms with Crippen molar-refractivity contribution in [2.75, 3.05) is 33.8 Å². The SMILES string of the molecule is CC[P-]C(O)C[N+](C)(C)C. The van der Waals surface area contributed by atoms with E-state index in [0.717, 1.165) is 25.8 Å². The van der Waals surface area contributed by atoms with Gasteiger partial charge in [-0.25, -0.2) is 0 Å². The van der Waals surface area contributed by atoms with Gasteiger partial charge in [-0.1, -0.05) is 6.92 Å². The van der Waals surface area contributed by atoms with Crippen LogP contribution in [0.2, 0.25) is 0 Å². The van der Waals surface area contributed by atoms with Gasteiger partial charge in [-0.3, -0.25) is 0 Å². The first-order valence-electron chi connectivity index (χ1n) is 3.61. The van der Waals surface area contributed by atoms with E-state index in [2.05, 4.69) is 28.1 Å². The fraction of sp³-hybridized carbons (Fsp3) is 1.00. The van der Waals surface area contributed by atoms with E-state index < -0.39 is 0 Å². The lowest BCUT2D eigenvalue weighted by molar-refractivity contribution is -0.871. The first kappa shape index (κ1) is 10.3. The van der Waals surface area contributed by atoms with Gasteiger partial charge in [0.05, 0.1) is 27.7 Å². The van der Waals surface area contributed by atoms with Crippen molar-refractivity contribution in [2.24, 2.45) is 0 Å². The summed E-state index contributed by atoms with van der Waals surface area (Å²) in [5.41, 5.74) is 0. The van der Waals surface area contributed by atoms with Gasteiger partial charge in [0, 0.05) is 0 Å². The Balaban J connectivity index is 3.47. The molecule has 62 valence electrons. The highest BCUT2D eigenvalue weighted by molar-refractivity contribution is 7.38. The zero-order valence-electron chi connectivity index (χ0n) is 7.33. The molecule has 1 unspecified atom stereocenters. The van der Waals surface area contributed by atoms with Gasteiger partial charge in [0.2, 0.25) is 0 Å². The molecule has 0 amide bonds. The molecule has 0 heterocycles. The summed E-state index contributed by atoms with van der Waals surface area (Å²) >= 11 is 0. The Morgan fingerprint density at radius 2 is 1.90 bits per heavy atom. The van der Waals surface area contributed by atoms with E-state index in [1.807, 2.05) is 0 Å². The highest BCUT2D eigenvalue weighted by Crippen LogP contribution is 2.16. The van der Waals surface area contributed by atoms with Crippen molar-refractivity contribution in [3.63, 3.8) is 0 Å². The van der Waals surface area contributed by atoms with Crippen molar-refractivity contribution in [3.05, 3.63) is 0 Å². The lowest BCUT2D eigenvalue weighted by atomic mass is 10.5. The number of nitrogens with zero attached hydrogens (tertiary/aromatic N) is 1. The van der Waals surface area contributed by atoms with Gasteiger partial charge in [-0.05, 0) is 5.85 Å². The first-order valence-corrected chi connectivity index (χ1v) is 4.75. The number of hydrogen-bond donors (Lipinski definition) is 1. The molecule has 0 aromatic rings. The molecule has 0 saturated heterocycles. The maximum atomic E-state index is 9.36. The van der Waals surface area contributed by atoms with E-state index >= 15 is 0 Å². The van der Waals surface area contributed by atoms with Crippen LogP contribution in [0.4, 0.5) is 0 Å². The summed E-state index contributed by atoms with van der Waals surface area (Å²) in [6.07, 6.45) is 1.04. The summed E-state index contributed by atoms with van der Waals surface area (Å²) in [6.45, 7) is 2.93. The predicted octanol–water partition coefficient (Wildman–Crippen LogP) is 0.977. The predicted molar refractivity (Wildman–Crippen MR) is 46.4 cm³/mol. The molecule has 0 aromatic carbocycles. The van der Waals surface area contributed by atoms with Gasteiger partial charge in [0.15, 0.2) is 0 Å². The van der Waals surface area contributed by atoms with Gasteiger partial charge in [0.25, 0.3) is 0 Å². The van der Waals surface area contributed by atoms with Crippen LogP contribution in [-0.2, 0) is 0 Å². The first-order chi connectivity index (χ1) is 4.45. The fourth-order valence-corrected chi connectivity index (χ4v) is 1.79. The molecule has 10 heavy (non-hydrogen) atoms. The van der Waals surface area contributed by atoms with E-state index in [1.54, 1.807) is 0 Å². The molecule has 0 saturated carbocycles. The molecular weight excluding hydrogens is 145 g/mol. The van der Waals surface area contributed by atoms with Crippen LogP contribution >= 0.6 is 8.58 Å². The Morgan fingerprint density at radius 1 is 1.40 bits per heavy atom. The van der Waals surface area contributed by atoms with Gasteiger partial charge in [0.1, 0.15) is 0 Å². The lowest BCUT2D eigenvalue weighted by Gasteiger charge is -2.32. The van der Waals surface area contributed by atoms with E-state index in [9.17, 15) is 5.11 Å². The maximum Gasteiger partial charge on any atom is 0.0770 e. The highest BCUT2D eigenvalue weighted by atomic mass is 31.1. The Labute approximate surface area is 65.6 Å². The molecule has 0 aromatic heterocycles. The average molecular weight is 163 g/mol. The van der Waals surface area contributed by atoms with Crippen LogP contribution in [0.1, 0.15) is 6.92 Å². The van der Waals surface area contributed by atoms with Crippen molar-refractivity contribution in [2.45, 2.75) is 12.8 Å². The number of likely N-dealkylation sites (N-methyl/N-ethyl adjacent to an activating group) is 1. The number of aliphatic hydroxyl groups is 1. The van der Waals surface area contributed by atoms with Crippen LogP contribution in [0.25, 0.3) is 0 Å². The minimum Gasteiger partial charge on any atom is -0.502 e. The Kier molecular flexibility index (Phi) is 4.42. The summed E-state index contributed by atoms with van der Waals surface area (Å²) in [5.74, 6) is -0.148. The van der Waals surface area contributed by atoms with Crippen molar-refractivity contribution >= 4 is 8.58 Å². The van der Waals surface area contributed by atoms with Gasteiger partial charge < -0.3 is 18.2 Å². The van der Waals surface area contributed by atoms with Crippen LogP contribution in [0, 0.1) is 0 Å². The van der Waals surface area contributed by atoms with Crippen LogP contribution in [0.3, 0.4) is 0 Å². The molecule has 2 nitrogen and oxygen atoms in total. The molecule has 0 aliphatic rings. The van der Waals surface area contributed by atoms with Crippen molar-refractivity contribution in [1.29, 1.82) is 0 Å². The summed E-state index contributed by atoms with van der Waals surface area (Å²) in [4.78, 5) is 0. The van der Waals surface area contributed by atoms with E-state index in [0.29, 0.717) is 0 Å². The quantitative estimate of drug-likeness (QED) is 0.484. The number of quaternary nitrogens is 1. The third kappa shape index (κ3) is 6.47. The van der Waals surface area contributed by atoms with E-state index in [4.69, 9.17) is 0 Å². The van der Waals surface area contributed by atoms with Crippen LogP contribution in [0.15, 0.2) is 0 Å². The molecule has 1 atom stereocenters. The van der Waals surface area contributed by atoms with E-state index in [-0.39, 0.29) is 5.85 Å². The number of rotatable bonds is 4. The Bertz CT molecular complexity index is 90.1. The molecule has 0 rings (SSSR count). The highest BCUT2D eigenvalue weighted by Gasteiger charge is 2.06.